The molecule has 0 spiro atoms. The molecule has 0 N–H and O–H groups in total. The van der Waals surface area contributed by atoms with E-state index in [0.29, 0.717) is 18.1 Å². The molecule has 0 bridgehead atoms. The van der Waals surface area contributed by atoms with Crippen molar-refractivity contribution in [2.45, 2.75) is 45.1 Å². The van der Waals surface area contributed by atoms with Crippen LogP contribution in [0.1, 0.15) is 20.8 Å². The molecule has 0 heterocycles. The molecular weight excluding hydrogens is 255 g/mol. The Kier molecular flexibility index (Phi) is 6.84. The molecule has 1 unspecified atom stereocenters. The first kappa shape index (κ1) is 17.9. The predicted molar refractivity (Wildman–Crippen MR) is 63.8 cm³/mol. The Balaban J connectivity index is 0.00000289. The van der Waals surface area contributed by atoms with Crippen molar-refractivity contribution in [3.63, 3.8) is 0 Å². The second-order valence-electron chi connectivity index (χ2n) is 4.30. The van der Waals surface area contributed by atoms with E-state index in [2.05, 4.69) is 0 Å². The van der Waals surface area contributed by atoms with Gasteiger partial charge in [-0.3, -0.25) is 4.39 Å². The van der Waals surface area contributed by atoms with Gasteiger partial charge in [0.1, 0.15) is 6.17 Å². The summed E-state index contributed by atoms with van der Waals surface area (Å²) in [6, 6.07) is 2.09. The molecule has 0 fully saturated rings. The Morgan fingerprint density at radius 1 is 1.17 bits per heavy atom. The SMILES string of the molecule is CC[Si](CC)(CC)C1=CC(F)[C-](F)C(F)=C1F.[Li+]. The monoisotopic (exact) mass is 272 g/mol. The minimum Gasteiger partial charge on any atom is -0.318 e. The van der Waals surface area contributed by atoms with Crippen LogP contribution < -0.4 is 18.9 Å². The number of alkyl halides is 1. The van der Waals surface area contributed by atoms with E-state index in [1.807, 2.05) is 20.8 Å². The van der Waals surface area contributed by atoms with Crippen LogP contribution in [0.15, 0.2) is 22.9 Å². The van der Waals surface area contributed by atoms with Crippen LogP contribution >= 0.6 is 0 Å². The van der Waals surface area contributed by atoms with Gasteiger partial charge in [0, 0.05) is 17.8 Å². The maximum Gasteiger partial charge on any atom is 1.00 e. The summed E-state index contributed by atoms with van der Waals surface area (Å²) in [7, 11) is -2.22. The fraction of sp³-hybridized carbons (Fsp3) is 0.583. The molecule has 0 radical (unpaired) electrons. The summed E-state index contributed by atoms with van der Waals surface area (Å²) in [5.74, 6) is -2.84. The van der Waals surface area contributed by atoms with Crippen LogP contribution in [0.3, 0.4) is 0 Å². The maximum absolute atomic E-state index is 13.8. The summed E-state index contributed by atoms with van der Waals surface area (Å²) in [5, 5.41) is 0.108. The second kappa shape index (κ2) is 6.88. The average Bonchev–Trinajstić information content (AvgIpc) is 2.35. The topological polar surface area (TPSA) is 0 Å². The van der Waals surface area contributed by atoms with Gasteiger partial charge in [-0.2, -0.15) is 0 Å². The molecule has 1 aliphatic rings. The standard InChI is InChI=1S/C12H17F4Si.Li/c1-4-17(5-2,6-3)9-7-8(13)10(14)12(16)11(9)15;/h7-8H,4-6H2,1-3H3;/q-1;+1. The van der Waals surface area contributed by atoms with Crippen LogP contribution in [0.2, 0.25) is 18.1 Å². The van der Waals surface area contributed by atoms with E-state index in [-0.39, 0.29) is 24.1 Å². The fourth-order valence-electron chi connectivity index (χ4n) is 2.37. The normalized spacial score (nSPS) is 20.7. The molecule has 0 saturated heterocycles. The Morgan fingerprint density at radius 3 is 2.00 bits per heavy atom. The van der Waals surface area contributed by atoms with Crippen LogP contribution in [0.25, 0.3) is 0 Å². The summed E-state index contributed by atoms with van der Waals surface area (Å²) in [5.41, 5.74) is 0. The van der Waals surface area contributed by atoms with Crippen molar-refractivity contribution >= 4 is 8.07 Å². The molecule has 0 amide bonds. The molecule has 18 heavy (non-hydrogen) atoms. The Labute approximate surface area is 119 Å². The van der Waals surface area contributed by atoms with Crippen LogP contribution in [0.5, 0.6) is 0 Å². The maximum atomic E-state index is 13.8. The van der Waals surface area contributed by atoms with Crippen LogP contribution in [-0.4, -0.2) is 14.2 Å². The van der Waals surface area contributed by atoms with Crippen molar-refractivity contribution in [1.82, 2.24) is 0 Å². The zero-order valence-corrected chi connectivity index (χ0v) is 12.3. The molecule has 1 atom stereocenters. The number of allylic oxidation sites excluding steroid dienone is 4. The summed E-state index contributed by atoms with van der Waals surface area (Å²) in [4.78, 5) is 0. The van der Waals surface area contributed by atoms with Gasteiger partial charge in [-0.1, -0.05) is 45.0 Å². The van der Waals surface area contributed by atoms with Gasteiger partial charge in [-0.05, 0) is 0 Å². The molecule has 0 aromatic heterocycles. The largest absolute Gasteiger partial charge is 1.00 e. The van der Waals surface area contributed by atoms with Gasteiger partial charge >= 0.3 is 18.9 Å². The second-order valence-corrected chi connectivity index (χ2v) is 9.52. The van der Waals surface area contributed by atoms with Gasteiger partial charge in [-0.25, -0.2) is 4.39 Å². The molecule has 6 heteroatoms. The molecule has 1 rings (SSSR count). The molecule has 98 valence electrons. The van der Waals surface area contributed by atoms with E-state index >= 15 is 0 Å². The van der Waals surface area contributed by atoms with E-state index in [4.69, 9.17) is 0 Å². The number of hydrogen-bond donors (Lipinski definition) is 0. The molecule has 1 aliphatic carbocycles. The van der Waals surface area contributed by atoms with Crippen LogP contribution in [0.4, 0.5) is 17.6 Å². The molecule has 0 aliphatic heterocycles. The Morgan fingerprint density at radius 2 is 1.61 bits per heavy atom. The first-order valence-corrected chi connectivity index (χ1v) is 8.50. The van der Waals surface area contributed by atoms with Crippen LogP contribution in [0, 0.1) is 6.17 Å². The molecule has 0 aromatic carbocycles. The van der Waals surface area contributed by atoms with Gasteiger partial charge in [0.2, 0.25) is 0 Å². The fourth-order valence-corrected chi connectivity index (χ4v) is 6.09. The van der Waals surface area contributed by atoms with E-state index < -0.39 is 32.1 Å². The summed E-state index contributed by atoms with van der Waals surface area (Å²) >= 11 is 0. The van der Waals surface area contributed by atoms with Gasteiger partial charge in [0.05, 0.1) is 8.07 Å². The van der Waals surface area contributed by atoms with Crippen molar-refractivity contribution < 1.29 is 36.4 Å². The van der Waals surface area contributed by atoms with E-state index in [1.165, 1.54) is 0 Å². The van der Waals surface area contributed by atoms with Gasteiger partial charge < -0.3 is 8.78 Å². The predicted octanol–water partition coefficient (Wildman–Crippen LogP) is 1.97. The van der Waals surface area contributed by atoms with E-state index in [0.717, 1.165) is 6.08 Å². The van der Waals surface area contributed by atoms with Gasteiger partial charge in [0.15, 0.2) is 0 Å². The molecule has 0 nitrogen and oxygen atoms in total. The number of hydrogen-bond acceptors (Lipinski definition) is 0. The minimum absolute atomic E-state index is 0. The van der Waals surface area contributed by atoms with E-state index in [1.54, 1.807) is 0 Å². The summed E-state index contributed by atoms with van der Waals surface area (Å²) in [6.07, 6.45) is -2.85. The average molecular weight is 272 g/mol. The zero-order chi connectivity index (χ0) is 13.2. The third-order valence-electron chi connectivity index (χ3n) is 3.80. The Bertz CT molecular complexity index is 342. The summed E-state index contributed by atoms with van der Waals surface area (Å²) in [6.45, 7) is 5.69. The molecular formula is C12H17F4LiSi. The van der Waals surface area contributed by atoms with Crippen molar-refractivity contribution in [2.75, 3.05) is 0 Å². The quantitative estimate of drug-likeness (QED) is 0.417. The van der Waals surface area contributed by atoms with Gasteiger partial charge in [0.25, 0.3) is 0 Å². The van der Waals surface area contributed by atoms with Crippen molar-refractivity contribution in [3.05, 3.63) is 29.1 Å². The smallest absolute Gasteiger partial charge is 0.318 e. The van der Waals surface area contributed by atoms with Crippen molar-refractivity contribution in [2.24, 2.45) is 0 Å². The number of halogens is 4. The third-order valence-corrected chi connectivity index (χ3v) is 9.39. The van der Waals surface area contributed by atoms with Gasteiger partial charge in [-0.15, -0.1) is 5.20 Å². The van der Waals surface area contributed by atoms with Crippen LogP contribution in [-0.2, 0) is 0 Å². The van der Waals surface area contributed by atoms with Crippen molar-refractivity contribution in [3.8, 4) is 0 Å². The third kappa shape index (κ3) is 2.89. The number of rotatable bonds is 4. The first-order valence-electron chi connectivity index (χ1n) is 5.88. The zero-order valence-electron chi connectivity index (χ0n) is 11.3. The van der Waals surface area contributed by atoms with E-state index in [9.17, 15) is 17.6 Å². The molecule has 0 aromatic rings. The molecule has 0 saturated carbocycles. The minimum atomic E-state index is -2.22. The first-order chi connectivity index (χ1) is 7.93. The summed E-state index contributed by atoms with van der Waals surface area (Å²) < 4.78 is 53.2. The van der Waals surface area contributed by atoms with Crippen molar-refractivity contribution in [1.29, 1.82) is 0 Å². The Hall–Kier alpha value is -0.116.